The first-order valence-corrected chi connectivity index (χ1v) is 6.33. The van der Waals surface area contributed by atoms with Crippen molar-refractivity contribution < 1.29 is 4.39 Å². The molecule has 0 amide bonds. The molecule has 4 nitrogen and oxygen atoms in total. The van der Waals surface area contributed by atoms with Crippen LogP contribution in [-0.4, -0.2) is 21.5 Å². The summed E-state index contributed by atoms with van der Waals surface area (Å²) in [6, 6.07) is 0. The van der Waals surface area contributed by atoms with Crippen molar-refractivity contribution >= 4 is 29.0 Å². The van der Waals surface area contributed by atoms with Crippen LogP contribution >= 0.6 is 23.1 Å². The van der Waals surface area contributed by atoms with Crippen molar-refractivity contribution in [2.75, 3.05) is 11.9 Å². The van der Waals surface area contributed by atoms with Crippen molar-refractivity contribution in [1.82, 2.24) is 15.0 Å². The van der Waals surface area contributed by atoms with E-state index in [4.69, 9.17) is 0 Å². The zero-order chi connectivity index (χ0) is 11.4. The molecule has 2 rings (SSSR count). The Kier molecular flexibility index (Phi) is 3.68. The number of rotatable bonds is 4. The van der Waals surface area contributed by atoms with E-state index in [2.05, 4.69) is 20.3 Å². The Labute approximate surface area is 100 Å². The lowest BCUT2D eigenvalue weighted by atomic mass is 10.6. The largest absolute Gasteiger partial charge is 0.354 e. The Balaban J connectivity index is 2.21. The molecule has 84 valence electrons. The predicted octanol–water partition coefficient (Wildman–Crippen LogP) is 2.66. The molecule has 0 aliphatic heterocycles. The van der Waals surface area contributed by atoms with Crippen LogP contribution in [0.1, 0.15) is 6.92 Å². The number of nitrogens with zero attached hydrogens (tertiary/aromatic N) is 3. The maximum atomic E-state index is 13.4. The lowest BCUT2D eigenvalue weighted by Gasteiger charge is -2.03. The minimum atomic E-state index is -0.429. The highest BCUT2D eigenvalue weighted by Crippen LogP contribution is 2.29. The Morgan fingerprint density at radius 3 is 3.06 bits per heavy atom. The summed E-state index contributed by atoms with van der Waals surface area (Å²) in [4.78, 5) is 12.0. The van der Waals surface area contributed by atoms with Crippen LogP contribution in [0.5, 0.6) is 0 Å². The molecule has 2 aromatic rings. The van der Waals surface area contributed by atoms with Gasteiger partial charge in [-0.1, -0.05) is 0 Å². The van der Waals surface area contributed by atoms with Gasteiger partial charge in [0.2, 0.25) is 5.95 Å². The van der Waals surface area contributed by atoms with Crippen LogP contribution in [0.25, 0.3) is 0 Å². The number of hydrogen-bond acceptors (Lipinski definition) is 6. The molecule has 0 saturated heterocycles. The zero-order valence-corrected chi connectivity index (χ0v) is 10.1. The minimum Gasteiger partial charge on any atom is -0.354 e. The third-order valence-electron chi connectivity index (χ3n) is 1.64. The summed E-state index contributed by atoms with van der Waals surface area (Å²) in [6.45, 7) is 2.63. The molecule has 0 unspecified atom stereocenters. The van der Waals surface area contributed by atoms with E-state index >= 15 is 0 Å². The monoisotopic (exact) mass is 256 g/mol. The summed E-state index contributed by atoms with van der Waals surface area (Å²) in [6.07, 6.45) is 2.85. The van der Waals surface area contributed by atoms with E-state index in [1.165, 1.54) is 29.3 Å². The molecule has 0 aliphatic carbocycles. The average Bonchev–Trinajstić information content (AvgIpc) is 2.76. The Morgan fingerprint density at radius 1 is 1.50 bits per heavy atom. The molecule has 0 bridgehead atoms. The third-order valence-corrected chi connectivity index (χ3v) is 3.50. The fourth-order valence-corrected chi connectivity index (χ4v) is 2.53. The first-order valence-electron chi connectivity index (χ1n) is 4.63. The number of thiazole rings is 1. The van der Waals surface area contributed by atoms with Crippen LogP contribution in [0.2, 0.25) is 0 Å². The molecule has 16 heavy (non-hydrogen) atoms. The number of halogens is 1. The fraction of sp³-hybridized carbons (Fsp3) is 0.222. The number of aromatic nitrogens is 3. The number of nitrogens with one attached hydrogen (secondary N) is 1. The summed E-state index contributed by atoms with van der Waals surface area (Å²) in [5, 5.41) is 5.07. The van der Waals surface area contributed by atoms with Gasteiger partial charge in [0.15, 0.2) is 10.2 Å². The second kappa shape index (κ2) is 5.22. The second-order valence-corrected chi connectivity index (χ2v) is 4.91. The average molecular weight is 256 g/mol. The summed E-state index contributed by atoms with van der Waals surface area (Å²) < 4.78 is 14.2. The second-order valence-electron chi connectivity index (χ2n) is 2.78. The Hall–Kier alpha value is -1.21. The van der Waals surface area contributed by atoms with Crippen LogP contribution < -0.4 is 5.32 Å². The molecule has 2 heterocycles. The summed E-state index contributed by atoms with van der Waals surface area (Å²) in [5.41, 5.74) is 0. The van der Waals surface area contributed by atoms with Gasteiger partial charge < -0.3 is 5.32 Å². The molecule has 0 atom stereocenters. The smallest absolute Gasteiger partial charge is 0.223 e. The van der Waals surface area contributed by atoms with E-state index < -0.39 is 5.82 Å². The van der Waals surface area contributed by atoms with Crippen LogP contribution in [0.4, 0.5) is 10.3 Å². The van der Waals surface area contributed by atoms with Gasteiger partial charge in [0, 0.05) is 18.1 Å². The van der Waals surface area contributed by atoms with Gasteiger partial charge in [-0.2, -0.15) is 0 Å². The van der Waals surface area contributed by atoms with Gasteiger partial charge in [-0.3, -0.25) is 0 Å². The standard InChI is InChI=1S/C9H9FN4S2/c1-2-11-8-13-5-6(10)7(14-8)16-9-12-3-4-15-9/h3-5H,2H2,1H3,(H,11,13,14). The Bertz CT molecular complexity index is 461. The van der Waals surface area contributed by atoms with Crippen LogP contribution in [0.3, 0.4) is 0 Å². The third kappa shape index (κ3) is 2.67. The van der Waals surface area contributed by atoms with E-state index in [-0.39, 0.29) is 0 Å². The van der Waals surface area contributed by atoms with E-state index in [1.807, 2.05) is 12.3 Å². The quantitative estimate of drug-likeness (QED) is 0.852. The number of hydrogen-bond donors (Lipinski definition) is 1. The molecule has 0 radical (unpaired) electrons. The van der Waals surface area contributed by atoms with Crippen molar-refractivity contribution in [3.63, 3.8) is 0 Å². The highest BCUT2D eigenvalue weighted by Gasteiger charge is 2.09. The molecule has 2 aromatic heterocycles. The van der Waals surface area contributed by atoms with Crippen LogP contribution in [0.15, 0.2) is 27.1 Å². The van der Waals surface area contributed by atoms with E-state index in [0.29, 0.717) is 17.5 Å². The zero-order valence-electron chi connectivity index (χ0n) is 8.48. The SMILES string of the molecule is CCNc1ncc(F)c(Sc2nccs2)n1. The van der Waals surface area contributed by atoms with E-state index in [1.54, 1.807) is 6.20 Å². The van der Waals surface area contributed by atoms with E-state index in [9.17, 15) is 4.39 Å². The van der Waals surface area contributed by atoms with Crippen LogP contribution in [-0.2, 0) is 0 Å². The maximum absolute atomic E-state index is 13.4. The van der Waals surface area contributed by atoms with Gasteiger partial charge in [0.25, 0.3) is 0 Å². The van der Waals surface area contributed by atoms with Gasteiger partial charge in [-0.25, -0.2) is 19.3 Å². The van der Waals surface area contributed by atoms with Gasteiger partial charge in [0.1, 0.15) is 5.03 Å². The Morgan fingerprint density at radius 2 is 2.38 bits per heavy atom. The molecule has 0 saturated carbocycles. The molecule has 7 heteroatoms. The molecule has 0 fully saturated rings. The molecule has 1 N–H and O–H groups in total. The molecule has 0 spiro atoms. The first kappa shape index (κ1) is 11.3. The highest BCUT2D eigenvalue weighted by atomic mass is 32.2. The molecule has 0 aliphatic rings. The lowest BCUT2D eigenvalue weighted by molar-refractivity contribution is 0.580. The van der Waals surface area contributed by atoms with Gasteiger partial charge in [0.05, 0.1) is 6.20 Å². The number of anilines is 1. The van der Waals surface area contributed by atoms with Gasteiger partial charge >= 0.3 is 0 Å². The van der Waals surface area contributed by atoms with Gasteiger partial charge in [-0.15, -0.1) is 11.3 Å². The van der Waals surface area contributed by atoms with E-state index in [0.717, 1.165) is 4.34 Å². The topological polar surface area (TPSA) is 50.7 Å². The first-order chi connectivity index (χ1) is 7.79. The lowest BCUT2D eigenvalue weighted by Crippen LogP contribution is -2.03. The molecule has 0 aromatic carbocycles. The van der Waals surface area contributed by atoms with Crippen molar-refractivity contribution in [1.29, 1.82) is 0 Å². The predicted molar refractivity (Wildman–Crippen MR) is 62.4 cm³/mol. The maximum Gasteiger partial charge on any atom is 0.223 e. The normalized spacial score (nSPS) is 10.4. The van der Waals surface area contributed by atoms with Crippen molar-refractivity contribution in [2.45, 2.75) is 16.3 Å². The van der Waals surface area contributed by atoms with Gasteiger partial charge in [-0.05, 0) is 18.7 Å². The summed E-state index contributed by atoms with van der Waals surface area (Å²) in [7, 11) is 0. The van der Waals surface area contributed by atoms with Crippen LogP contribution in [0, 0.1) is 5.82 Å². The molecular weight excluding hydrogens is 247 g/mol. The highest BCUT2D eigenvalue weighted by molar-refractivity contribution is 8.01. The fourth-order valence-electron chi connectivity index (χ4n) is 1.01. The summed E-state index contributed by atoms with van der Waals surface area (Å²) in [5.74, 6) is 0.00445. The van der Waals surface area contributed by atoms with Crippen molar-refractivity contribution in [3.8, 4) is 0 Å². The van der Waals surface area contributed by atoms with Crippen molar-refractivity contribution in [2.24, 2.45) is 0 Å². The van der Waals surface area contributed by atoms with Crippen molar-refractivity contribution in [3.05, 3.63) is 23.6 Å². The minimum absolute atomic E-state index is 0.292. The summed E-state index contributed by atoms with van der Waals surface area (Å²) >= 11 is 2.65. The molecular formula is C9H9FN4S2.